The van der Waals surface area contributed by atoms with Crippen LogP contribution in [0, 0.1) is 18.2 Å². The van der Waals surface area contributed by atoms with Crippen LogP contribution >= 0.6 is 11.8 Å². The third kappa shape index (κ3) is 2.67. The van der Waals surface area contributed by atoms with Gasteiger partial charge in [0.2, 0.25) is 0 Å². The first-order valence-corrected chi connectivity index (χ1v) is 7.51. The second-order valence-electron chi connectivity index (χ2n) is 4.91. The van der Waals surface area contributed by atoms with Gasteiger partial charge in [0.1, 0.15) is 5.82 Å². The van der Waals surface area contributed by atoms with Gasteiger partial charge in [-0.1, -0.05) is 35.9 Å². The molecule has 0 unspecified atom stereocenters. The zero-order valence-electron chi connectivity index (χ0n) is 11.8. The van der Waals surface area contributed by atoms with E-state index in [9.17, 15) is 9.18 Å². The number of anilines is 1. The fourth-order valence-electron chi connectivity index (χ4n) is 2.15. The predicted octanol–water partition coefficient (Wildman–Crippen LogP) is 4.19. The minimum absolute atomic E-state index is 0.122. The lowest BCUT2D eigenvalue weighted by atomic mass is 10.2. The summed E-state index contributed by atoms with van der Waals surface area (Å²) in [6, 6.07) is 13.6. The summed E-state index contributed by atoms with van der Waals surface area (Å²) in [5, 5.41) is 8.13. The Hall–Kier alpha value is -2.40. The molecule has 2 aromatic carbocycles. The number of carbonyl (C=O) groups is 1. The Balaban J connectivity index is 1.95. The number of carbonyl (C=O) groups excluding carboxylic acids is 1. The van der Waals surface area contributed by atoms with Crippen LogP contribution in [0.3, 0.4) is 0 Å². The number of rotatable bonds is 2. The molecule has 0 bridgehead atoms. The number of halogens is 1. The maximum Gasteiger partial charge on any atom is 0.271 e. The zero-order chi connectivity index (χ0) is 15.7. The van der Waals surface area contributed by atoms with Crippen molar-refractivity contribution in [3.8, 4) is 0 Å². The van der Waals surface area contributed by atoms with Crippen LogP contribution in [0.5, 0.6) is 0 Å². The first-order valence-electron chi connectivity index (χ1n) is 6.70. The summed E-state index contributed by atoms with van der Waals surface area (Å²) in [5.41, 5.74) is 2.07. The van der Waals surface area contributed by atoms with E-state index in [-0.39, 0.29) is 16.9 Å². The summed E-state index contributed by atoms with van der Waals surface area (Å²) in [6.07, 6.45) is 1.49. The van der Waals surface area contributed by atoms with Gasteiger partial charge < -0.3 is 0 Å². The van der Waals surface area contributed by atoms with Crippen LogP contribution in [0.25, 0.3) is 6.08 Å². The number of thioether (sulfide) groups is 1. The van der Waals surface area contributed by atoms with Gasteiger partial charge in [0.25, 0.3) is 5.91 Å². The van der Waals surface area contributed by atoms with Crippen LogP contribution in [-0.2, 0) is 4.79 Å². The van der Waals surface area contributed by atoms with Crippen LogP contribution < -0.4 is 4.90 Å². The molecule has 0 aliphatic carbocycles. The Morgan fingerprint density at radius 2 is 1.82 bits per heavy atom. The molecule has 22 heavy (non-hydrogen) atoms. The van der Waals surface area contributed by atoms with Gasteiger partial charge in [-0.15, -0.1) is 0 Å². The summed E-state index contributed by atoms with van der Waals surface area (Å²) in [7, 11) is 0. The highest BCUT2D eigenvalue weighted by Crippen LogP contribution is 2.35. The predicted molar refractivity (Wildman–Crippen MR) is 88.4 cm³/mol. The number of amides is 1. The molecule has 0 aromatic heterocycles. The minimum atomic E-state index is -0.385. The molecule has 3 nitrogen and oxygen atoms in total. The van der Waals surface area contributed by atoms with E-state index in [1.165, 1.54) is 17.0 Å². The number of aryl methyl sites for hydroxylation is 1. The van der Waals surface area contributed by atoms with E-state index in [4.69, 9.17) is 5.41 Å². The maximum atomic E-state index is 13.7. The lowest BCUT2D eigenvalue weighted by Crippen LogP contribution is -2.28. The Morgan fingerprint density at radius 3 is 2.50 bits per heavy atom. The van der Waals surface area contributed by atoms with Gasteiger partial charge in [0, 0.05) is 5.56 Å². The molecule has 1 N–H and O–H groups in total. The summed E-state index contributed by atoms with van der Waals surface area (Å²) >= 11 is 1.04. The van der Waals surface area contributed by atoms with Gasteiger partial charge in [-0.25, -0.2) is 4.39 Å². The first-order chi connectivity index (χ1) is 10.6. The second-order valence-corrected chi connectivity index (χ2v) is 5.94. The molecule has 2 aromatic rings. The fraction of sp³-hybridized carbons (Fsp3) is 0.0588. The van der Waals surface area contributed by atoms with Gasteiger partial charge in [-0.2, -0.15) is 0 Å². The molecule has 0 spiro atoms. The average Bonchev–Trinajstić information content (AvgIpc) is 2.77. The molecule has 1 saturated heterocycles. The molecular weight excluding hydrogens is 299 g/mol. The third-order valence-corrected chi connectivity index (χ3v) is 4.20. The van der Waals surface area contributed by atoms with Crippen LogP contribution in [0.2, 0.25) is 0 Å². The molecular formula is C17H13FN2OS. The SMILES string of the molecule is Cc1ccc(N2C(=N)S/C(=C\c3ccccc3F)C2=O)cc1. The standard InChI is InChI=1S/C17H13FN2OS/c1-11-6-8-13(9-7-11)20-16(21)15(22-17(20)19)10-12-4-2-3-5-14(12)18/h2-10,19H,1H3/b15-10-,19-17?. The largest absolute Gasteiger partial charge is 0.278 e. The number of hydrogen-bond acceptors (Lipinski definition) is 3. The van der Waals surface area contributed by atoms with E-state index >= 15 is 0 Å². The zero-order valence-corrected chi connectivity index (χ0v) is 12.7. The van der Waals surface area contributed by atoms with Crippen molar-refractivity contribution < 1.29 is 9.18 Å². The van der Waals surface area contributed by atoms with Gasteiger partial charge in [0.05, 0.1) is 10.6 Å². The van der Waals surface area contributed by atoms with Crippen LogP contribution in [0.4, 0.5) is 10.1 Å². The van der Waals surface area contributed by atoms with Crippen molar-refractivity contribution in [1.29, 1.82) is 5.41 Å². The second kappa shape index (κ2) is 5.77. The molecule has 5 heteroatoms. The highest BCUT2D eigenvalue weighted by Gasteiger charge is 2.33. The topological polar surface area (TPSA) is 44.2 Å². The molecule has 1 heterocycles. The van der Waals surface area contributed by atoms with Gasteiger partial charge in [0.15, 0.2) is 5.17 Å². The van der Waals surface area contributed by atoms with Crippen molar-refractivity contribution in [2.24, 2.45) is 0 Å². The Labute approximate surface area is 132 Å². The van der Waals surface area contributed by atoms with Gasteiger partial charge in [-0.05, 0) is 43.0 Å². The summed E-state index contributed by atoms with van der Waals surface area (Å²) in [4.78, 5) is 14.2. The lowest BCUT2D eigenvalue weighted by Gasteiger charge is -2.14. The normalized spacial score (nSPS) is 16.6. The van der Waals surface area contributed by atoms with Crippen molar-refractivity contribution in [3.63, 3.8) is 0 Å². The average molecular weight is 312 g/mol. The fourth-order valence-corrected chi connectivity index (χ4v) is 3.00. The number of amidine groups is 1. The van der Waals surface area contributed by atoms with Crippen LogP contribution in [-0.4, -0.2) is 11.1 Å². The van der Waals surface area contributed by atoms with Crippen LogP contribution in [0.15, 0.2) is 53.4 Å². The number of benzene rings is 2. The summed E-state index contributed by atoms with van der Waals surface area (Å²) < 4.78 is 13.7. The lowest BCUT2D eigenvalue weighted by molar-refractivity contribution is -0.113. The van der Waals surface area contributed by atoms with E-state index in [0.29, 0.717) is 16.2 Å². The van der Waals surface area contributed by atoms with Crippen molar-refractivity contribution in [2.45, 2.75) is 6.92 Å². The molecule has 110 valence electrons. The first kappa shape index (κ1) is 14.5. The molecule has 1 aliphatic rings. The Kier molecular flexibility index (Phi) is 3.81. The van der Waals surface area contributed by atoms with Gasteiger partial charge in [-0.3, -0.25) is 15.1 Å². The summed E-state index contributed by atoms with van der Waals surface area (Å²) in [6.45, 7) is 1.96. The molecule has 0 atom stereocenters. The van der Waals surface area contributed by atoms with Crippen molar-refractivity contribution >= 4 is 34.6 Å². The van der Waals surface area contributed by atoms with E-state index in [1.807, 2.05) is 19.1 Å². The summed E-state index contributed by atoms with van der Waals surface area (Å²) in [5.74, 6) is -0.689. The Morgan fingerprint density at radius 1 is 1.14 bits per heavy atom. The molecule has 1 amide bonds. The number of nitrogens with one attached hydrogen (secondary N) is 1. The molecule has 0 radical (unpaired) electrons. The van der Waals surface area contributed by atoms with Crippen molar-refractivity contribution in [2.75, 3.05) is 4.90 Å². The van der Waals surface area contributed by atoms with E-state index in [1.54, 1.807) is 30.3 Å². The number of hydrogen-bond donors (Lipinski definition) is 1. The van der Waals surface area contributed by atoms with E-state index in [0.717, 1.165) is 17.3 Å². The highest BCUT2D eigenvalue weighted by atomic mass is 32.2. The van der Waals surface area contributed by atoms with Gasteiger partial charge >= 0.3 is 0 Å². The van der Waals surface area contributed by atoms with E-state index in [2.05, 4.69) is 0 Å². The van der Waals surface area contributed by atoms with Crippen molar-refractivity contribution in [1.82, 2.24) is 0 Å². The molecule has 3 rings (SSSR count). The quantitative estimate of drug-likeness (QED) is 0.845. The Bertz CT molecular complexity index is 784. The van der Waals surface area contributed by atoms with E-state index < -0.39 is 0 Å². The maximum absolute atomic E-state index is 13.7. The third-order valence-electron chi connectivity index (χ3n) is 3.31. The highest BCUT2D eigenvalue weighted by molar-refractivity contribution is 8.19. The van der Waals surface area contributed by atoms with Crippen molar-refractivity contribution in [3.05, 3.63) is 70.4 Å². The van der Waals surface area contributed by atoms with Crippen LogP contribution in [0.1, 0.15) is 11.1 Å². The number of nitrogens with zero attached hydrogens (tertiary/aromatic N) is 1. The minimum Gasteiger partial charge on any atom is -0.278 e. The smallest absolute Gasteiger partial charge is 0.271 e. The molecule has 1 fully saturated rings. The molecule has 1 aliphatic heterocycles. The molecule has 0 saturated carbocycles. The monoisotopic (exact) mass is 312 g/mol.